The van der Waals surface area contributed by atoms with E-state index >= 15 is 0 Å². The summed E-state index contributed by atoms with van der Waals surface area (Å²) in [6, 6.07) is 0. The van der Waals surface area contributed by atoms with E-state index < -0.39 is 10.0 Å². The molecule has 6 nitrogen and oxygen atoms in total. The van der Waals surface area contributed by atoms with Crippen molar-refractivity contribution in [1.29, 1.82) is 0 Å². The molecular formula is C13H22N2O4S. The summed E-state index contributed by atoms with van der Waals surface area (Å²) in [5, 5.41) is -0.154. The van der Waals surface area contributed by atoms with E-state index in [2.05, 4.69) is 0 Å². The zero-order chi connectivity index (χ0) is 14.3. The Labute approximate surface area is 120 Å². The van der Waals surface area contributed by atoms with Crippen molar-refractivity contribution in [2.45, 2.75) is 37.5 Å². The molecule has 0 unspecified atom stereocenters. The van der Waals surface area contributed by atoms with Gasteiger partial charge in [0.1, 0.15) is 0 Å². The van der Waals surface area contributed by atoms with Gasteiger partial charge in [-0.1, -0.05) is 0 Å². The monoisotopic (exact) mass is 302 g/mol. The fourth-order valence-electron chi connectivity index (χ4n) is 3.12. The first-order valence-corrected chi connectivity index (χ1v) is 8.85. The van der Waals surface area contributed by atoms with Crippen LogP contribution >= 0.6 is 0 Å². The van der Waals surface area contributed by atoms with Crippen molar-refractivity contribution in [3.63, 3.8) is 0 Å². The first-order chi connectivity index (χ1) is 9.48. The van der Waals surface area contributed by atoms with Crippen LogP contribution in [0.15, 0.2) is 0 Å². The zero-order valence-electron chi connectivity index (χ0n) is 11.8. The molecule has 2 atom stereocenters. The summed E-state index contributed by atoms with van der Waals surface area (Å²) >= 11 is 0. The van der Waals surface area contributed by atoms with E-state index in [-0.39, 0.29) is 23.2 Å². The fraction of sp³-hybridized carbons (Fsp3) is 0.923. The van der Waals surface area contributed by atoms with Crippen molar-refractivity contribution < 1.29 is 17.9 Å². The lowest BCUT2D eigenvalue weighted by Gasteiger charge is -2.37. The van der Waals surface area contributed by atoms with Crippen molar-refractivity contribution in [3.8, 4) is 0 Å². The molecule has 1 amide bonds. The topological polar surface area (TPSA) is 66.9 Å². The molecule has 7 heteroatoms. The van der Waals surface area contributed by atoms with Crippen molar-refractivity contribution in [3.05, 3.63) is 0 Å². The molecule has 3 fully saturated rings. The minimum atomic E-state index is -3.11. The molecule has 0 aromatic rings. The van der Waals surface area contributed by atoms with Crippen LogP contribution in [-0.2, 0) is 19.6 Å². The first-order valence-electron chi connectivity index (χ1n) is 7.34. The number of fused-ring (bicyclic) bond motifs is 1. The molecule has 20 heavy (non-hydrogen) atoms. The minimum absolute atomic E-state index is 0.0679. The van der Waals surface area contributed by atoms with Crippen LogP contribution in [0.3, 0.4) is 0 Å². The number of carbonyl (C=O) groups excluding carboxylic acids is 1. The first kappa shape index (κ1) is 14.3. The SMILES string of the molecule is CC(=O)N1CCO[C@@H]2CN(S(=O)(=O)C3CC3)CC[C@@H]2C1. The molecule has 3 rings (SSSR count). The standard InChI is InChI=1S/C13H22N2O4S/c1-10(16)14-6-7-19-13-9-15(5-4-11(13)8-14)20(17,18)12-2-3-12/h11-13H,2-9H2,1H3/t11-,13-/m1/s1. The molecule has 0 aromatic carbocycles. The molecule has 1 aliphatic carbocycles. The van der Waals surface area contributed by atoms with Crippen molar-refractivity contribution >= 4 is 15.9 Å². The van der Waals surface area contributed by atoms with E-state index in [0.717, 1.165) is 19.3 Å². The number of rotatable bonds is 2. The van der Waals surface area contributed by atoms with Crippen LogP contribution in [0.5, 0.6) is 0 Å². The van der Waals surface area contributed by atoms with Crippen LogP contribution in [-0.4, -0.2) is 67.7 Å². The number of amides is 1. The van der Waals surface area contributed by atoms with Crippen LogP contribution in [0.25, 0.3) is 0 Å². The van der Waals surface area contributed by atoms with Gasteiger partial charge in [-0.3, -0.25) is 4.79 Å². The highest BCUT2D eigenvalue weighted by Gasteiger charge is 2.44. The van der Waals surface area contributed by atoms with Crippen molar-refractivity contribution in [2.24, 2.45) is 5.92 Å². The van der Waals surface area contributed by atoms with Gasteiger partial charge in [0.2, 0.25) is 15.9 Å². The lowest BCUT2D eigenvalue weighted by Crippen LogP contribution is -2.50. The Balaban J connectivity index is 1.68. The molecule has 0 spiro atoms. The van der Waals surface area contributed by atoms with Gasteiger partial charge in [0, 0.05) is 39.0 Å². The Morgan fingerprint density at radius 2 is 1.90 bits per heavy atom. The number of hydrogen-bond donors (Lipinski definition) is 0. The lowest BCUT2D eigenvalue weighted by atomic mass is 9.94. The normalized spacial score (nSPS) is 32.5. The highest BCUT2D eigenvalue weighted by atomic mass is 32.2. The van der Waals surface area contributed by atoms with E-state index in [1.807, 2.05) is 4.90 Å². The van der Waals surface area contributed by atoms with Gasteiger partial charge in [0.25, 0.3) is 0 Å². The van der Waals surface area contributed by atoms with Crippen molar-refractivity contribution in [1.82, 2.24) is 9.21 Å². The smallest absolute Gasteiger partial charge is 0.219 e. The molecule has 114 valence electrons. The van der Waals surface area contributed by atoms with E-state index in [0.29, 0.717) is 32.8 Å². The third kappa shape index (κ3) is 2.71. The lowest BCUT2D eigenvalue weighted by molar-refractivity contribution is -0.129. The van der Waals surface area contributed by atoms with Gasteiger partial charge in [-0.15, -0.1) is 0 Å². The Morgan fingerprint density at radius 3 is 2.55 bits per heavy atom. The third-order valence-corrected chi connectivity index (χ3v) is 6.92. The number of ether oxygens (including phenoxy) is 1. The van der Waals surface area contributed by atoms with Crippen LogP contribution < -0.4 is 0 Å². The highest BCUT2D eigenvalue weighted by molar-refractivity contribution is 7.90. The molecule has 3 aliphatic rings. The Hall–Kier alpha value is -0.660. The summed E-state index contributed by atoms with van der Waals surface area (Å²) in [5.74, 6) is 0.328. The summed E-state index contributed by atoms with van der Waals surface area (Å²) in [5.41, 5.74) is 0. The molecule has 2 saturated heterocycles. The summed E-state index contributed by atoms with van der Waals surface area (Å²) in [7, 11) is -3.11. The maximum atomic E-state index is 12.3. The zero-order valence-corrected chi connectivity index (χ0v) is 12.6. The molecule has 0 aromatic heterocycles. The summed E-state index contributed by atoms with van der Waals surface area (Å²) in [6.07, 6.45) is 2.31. The van der Waals surface area contributed by atoms with Crippen LogP contribution in [0.2, 0.25) is 0 Å². The quantitative estimate of drug-likeness (QED) is 0.723. The van der Waals surface area contributed by atoms with E-state index in [4.69, 9.17) is 4.74 Å². The molecule has 2 heterocycles. The number of hydrogen-bond acceptors (Lipinski definition) is 4. The van der Waals surface area contributed by atoms with Gasteiger partial charge in [-0.2, -0.15) is 4.31 Å². The maximum absolute atomic E-state index is 12.3. The maximum Gasteiger partial charge on any atom is 0.219 e. The van der Waals surface area contributed by atoms with E-state index in [1.165, 1.54) is 0 Å². The van der Waals surface area contributed by atoms with E-state index in [9.17, 15) is 13.2 Å². The van der Waals surface area contributed by atoms with Crippen LogP contribution in [0.1, 0.15) is 26.2 Å². The predicted molar refractivity (Wildman–Crippen MR) is 73.6 cm³/mol. The summed E-state index contributed by atoms with van der Waals surface area (Å²) in [4.78, 5) is 13.3. The minimum Gasteiger partial charge on any atom is -0.375 e. The number of sulfonamides is 1. The van der Waals surface area contributed by atoms with Gasteiger partial charge >= 0.3 is 0 Å². The predicted octanol–water partition coefficient (Wildman–Crippen LogP) is 0.0478. The second-order valence-electron chi connectivity index (χ2n) is 6.03. The fourth-order valence-corrected chi connectivity index (χ4v) is 4.98. The van der Waals surface area contributed by atoms with Crippen molar-refractivity contribution in [2.75, 3.05) is 32.8 Å². The molecule has 0 bridgehead atoms. The van der Waals surface area contributed by atoms with Gasteiger partial charge in [0.05, 0.1) is 18.0 Å². The Kier molecular flexibility index (Phi) is 3.77. The molecule has 2 aliphatic heterocycles. The van der Waals surface area contributed by atoms with Gasteiger partial charge < -0.3 is 9.64 Å². The average Bonchev–Trinajstić information content (AvgIpc) is 3.23. The molecule has 0 radical (unpaired) electrons. The largest absolute Gasteiger partial charge is 0.375 e. The van der Waals surface area contributed by atoms with Crippen LogP contribution in [0, 0.1) is 5.92 Å². The number of piperidine rings is 1. The molecule has 1 saturated carbocycles. The third-order valence-electron chi connectivity index (χ3n) is 4.56. The molecular weight excluding hydrogens is 280 g/mol. The highest BCUT2D eigenvalue weighted by Crippen LogP contribution is 2.34. The van der Waals surface area contributed by atoms with Gasteiger partial charge in [-0.25, -0.2) is 8.42 Å². The second-order valence-corrected chi connectivity index (χ2v) is 8.24. The number of carbonyl (C=O) groups is 1. The number of nitrogens with zero attached hydrogens (tertiary/aromatic N) is 2. The van der Waals surface area contributed by atoms with Gasteiger partial charge in [0.15, 0.2) is 0 Å². The summed E-state index contributed by atoms with van der Waals surface area (Å²) in [6.45, 7) is 4.39. The molecule has 0 N–H and O–H groups in total. The van der Waals surface area contributed by atoms with E-state index in [1.54, 1.807) is 11.2 Å². The Bertz CT molecular complexity index is 489. The average molecular weight is 302 g/mol. The second kappa shape index (κ2) is 5.27. The summed E-state index contributed by atoms with van der Waals surface area (Å²) < 4.78 is 32.0. The van der Waals surface area contributed by atoms with Crippen LogP contribution in [0.4, 0.5) is 0 Å². The van der Waals surface area contributed by atoms with Gasteiger partial charge in [-0.05, 0) is 19.3 Å². The Morgan fingerprint density at radius 1 is 1.15 bits per heavy atom.